The number of hydrogen-bond acceptors (Lipinski definition) is 4. The molecule has 0 saturated heterocycles. The first-order valence-corrected chi connectivity index (χ1v) is 5.61. The number of aromatic nitrogens is 2. The summed E-state index contributed by atoms with van der Waals surface area (Å²) in [6.07, 6.45) is 0. The minimum Gasteiger partial charge on any atom is -0.477 e. The molecule has 2 rings (SSSR count). The number of rotatable bonds is 3. The molecule has 0 aliphatic rings. The highest BCUT2D eigenvalue weighted by atomic mass is 16.4. The van der Waals surface area contributed by atoms with Crippen molar-refractivity contribution in [1.82, 2.24) is 9.55 Å². The first kappa shape index (κ1) is 13.5. The minimum atomic E-state index is -1.40. The third-order valence-corrected chi connectivity index (χ3v) is 2.67. The highest BCUT2D eigenvalue weighted by molar-refractivity contribution is 5.94. The van der Waals surface area contributed by atoms with Crippen LogP contribution >= 0.6 is 0 Å². The predicted octanol–water partition coefficient (Wildman–Crippen LogP) is 0.427. The zero-order valence-corrected chi connectivity index (χ0v) is 10.4. The Labute approximate surface area is 112 Å². The summed E-state index contributed by atoms with van der Waals surface area (Å²) in [6, 6.07) is 6.76. The molecular weight excluding hydrogens is 264 g/mol. The number of nitrogens with zero attached hydrogens (tertiary/aromatic N) is 1. The fraction of sp³-hybridized carbons (Fsp3) is 0.0769. The molecule has 1 aromatic heterocycles. The van der Waals surface area contributed by atoms with Gasteiger partial charge in [0.1, 0.15) is 5.69 Å². The van der Waals surface area contributed by atoms with Gasteiger partial charge in [-0.1, -0.05) is 12.1 Å². The molecule has 7 nitrogen and oxygen atoms in total. The van der Waals surface area contributed by atoms with Crippen molar-refractivity contribution in [2.45, 2.75) is 6.92 Å². The summed E-state index contributed by atoms with van der Waals surface area (Å²) < 4.78 is 0.763. The highest BCUT2D eigenvalue weighted by Crippen LogP contribution is 2.07. The normalized spacial score (nSPS) is 10.2. The monoisotopic (exact) mass is 274 g/mol. The van der Waals surface area contributed by atoms with Crippen LogP contribution in [0.5, 0.6) is 0 Å². The molecule has 1 heterocycles. The average Bonchev–Trinajstić information content (AvgIpc) is 2.38. The molecule has 2 aromatic rings. The highest BCUT2D eigenvalue weighted by Gasteiger charge is 2.11. The number of carbonyl (C=O) groups is 2. The lowest BCUT2D eigenvalue weighted by Crippen LogP contribution is -2.35. The van der Waals surface area contributed by atoms with Gasteiger partial charge in [-0.25, -0.2) is 14.2 Å². The van der Waals surface area contributed by atoms with Crippen LogP contribution in [0.1, 0.15) is 27.8 Å². The smallest absolute Gasteiger partial charge is 0.352 e. The second-order valence-electron chi connectivity index (χ2n) is 4.07. The number of aromatic amines is 1. The third kappa shape index (κ3) is 2.41. The molecule has 1 aromatic carbocycles. The van der Waals surface area contributed by atoms with Gasteiger partial charge in [-0.2, -0.15) is 0 Å². The number of nitrogens with one attached hydrogen (secondary N) is 1. The molecule has 7 heteroatoms. The summed E-state index contributed by atoms with van der Waals surface area (Å²) in [7, 11) is 0. The van der Waals surface area contributed by atoms with Crippen LogP contribution in [0.4, 0.5) is 0 Å². The number of carbonyl (C=O) groups excluding carboxylic acids is 1. The zero-order chi connectivity index (χ0) is 14.9. The number of hydrogen-bond donors (Lipinski definition) is 2. The number of Topliss-reactive ketones (excluding diaryl/α,β-unsaturated/α-hetero) is 1. The maximum Gasteiger partial charge on any atom is 0.352 e. The maximum atomic E-state index is 11.8. The van der Waals surface area contributed by atoms with E-state index in [-0.39, 0.29) is 11.5 Å². The Bertz CT molecular complexity index is 785. The van der Waals surface area contributed by atoms with Crippen LogP contribution in [0.2, 0.25) is 0 Å². The SMILES string of the molecule is CC(=O)c1cccc(-n2c(=O)cc(C(=O)O)[nH]c2=O)c1. The van der Waals surface area contributed by atoms with Crippen molar-refractivity contribution in [3.05, 3.63) is 62.4 Å². The molecule has 0 saturated carbocycles. The number of H-pyrrole nitrogens is 1. The van der Waals surface area contributed by atoms with Gasteiger partial charge in [0.15, 0.2) is 5.78 Å². The lowest BCUT2D eigenvalue weighted by Gasteiger charge is -2.06. The van der Waals surface area contributed by atoms with Gasteiger partial charge in [0.05, 0.1) is 5.69 Å². The lowest BCUT2D eigenvalue weighted by molar-refractivity contribution is 0.0689. The summed E-state index contributed by atoms with van der Waals surface area (Å²) in [6.45, 7) is 1.36. The minimum absolute atomic E-state index is 0.195. The molecule has 0 amide bonds. The Hall–Kier alpha value is -2.96. The summed E-state index contributed by atoms with van der Waals surface area (Å²) in [4.78, 5) is 47.8. The maximum absolute atomic E-state index is 11.8. The Balaban J connectivity index is 2.68. The van der Waals surface area contributed by atoms with Crippen molar-refractivity contribution >= 4 is 11.8 Å². The van der Waals surface area contributed by atoms with Gasteiger partial charge in [-0.05, 0) is 19.1 Å². The van der Waals surface area contributed by atoms with Crippen LogP contribution in [0.15, 0.2) is 39.9 Å². The Morgan fingerprint density at radius 1 is 1.20 bits per heavy atom. The van der Waals surface area contributed by atoms with E-state index in [1.165, 1.54) is 25.1 Å². The van der Waals surface area contributed by atoms with Crippen molar-refractivity contribution in [2.24, 2.45) is 0 Å². The van der Waals surface area contributed by atoms with Crippen LogP contribution in [0.3, 0.4) is 0 Å². The second kappa shape index (κ2) is 4.96. The second-order valence-corrected chi connectivity index (χ2v) is 4.07. The largest absolute Gasteiger partial charge is 0.477 e. The van der Waals surface area contributed by atoms with E-state index in [9.17, 15) is 19.2 Å². The topological polar surface area (TPSA) is 109 Å². The van der Waals surface area contributed by atoms with Crippen molar-refractivity contribution in [2.75, 3.05) is 0 Å². The number of ketones is 1. The van der Waals surface area contributed by atoms with Gasteiger partial charge >= 0.3 is 11.7 Å². The first-order chi connectivity index (χ1) is 9.40. The number of carboxylic acids is 1. The Morgan fingerprint density at radius 2 is 1.90 bits per heavy atom. The van der Waals surface area contributed by atoms with Crippen LogP contribution in [-0.2, 0) is 0 Å². The third-order valence-electron chi connectivity index (χ3n) is 2.67. The predicted molar refractivity (Wildman–Crippen MR) is 69.6 cm³/mol. The van der Waals surface area contributed by atoms with Crippen LogP contribution in [0.25, 0.3) is 5.69 Å². The standard InChI is InChI=1S/C13H10N2O5/c1-7(16)8-3-2-4-9(5-8)15-11(17)6-10(12(18)19)14-13(15)20/h2-6H,1H3,(H,14,20)(H,18,19). The average molecular weight is 274 g/mol. The Morgan fingerprint density at radius 3 is 2.45 bits per heavy atom. The van der Waals surface area contributed by atoms with Crippen LogP contribution < -0.4 is 11.2 Å². The van der Waals surface area contributed by atoms with Gasteiger partial charge in [-0.15, -0.1) is 0 Å². The van der Waals surface area contributed by atoms with E-state index in [4.69, 9.17) is 5.11 Å². The number of carboxylic acid groups (broad SMARTS) is 1. The van der Waals surface area contributed by atoms with Gasteiger partial charge < -0.3 is 10.1 Å². The first-order valence-electron chi connectivity index (χ1n) is 5.61. The van der Waals surface area contributed by atoms with E-state index in [0.717, 1.165) is 10.6 Å². The van der Waals surface area contributed by atoms with E-state index in [1.54, 1.807) is 6.07 Å². The van der Waals surface area contributed by atoms with Crippen LogP contribution in [0, 0.1) is 0 Å². The molecule has 0 atom stereocenters. The Kier molecular flexibility index (Phi) is 3.34. The van der Waals surface area contributed by atoms with E-state index >= 15 is 0 Å². The molecule has 0 aliphatic heterocycles. The summed E-state index contributed by atoms with van der Waals surface area (Å²) in [5.41, 5.74) is -1.61. The molecule has 0 bridgehead atoms. The van der Waals surface area contributed by atoms with E-state index < -0.39 is 22.9 Å². The lowest BCUT2D eigenvalue weighted by atomic mass is 10.1. The van der Waals surface area contributed by atoms with Gasteiger partial charge in [-0.3, -0.25) is 9.59 Å². The van der Waals surface area contributed by atoms with E-state index in [2.05, 4.69) is 4.98 Å². The van der Waals surface area contributed by atoms with E-state index in [0.29, 0.717) is 5.56 Å². The fourth-order valence-electron chi connectivity index (χ4n) is 1.72. The van der Waals surface area contributed by atoms with Crippen molar-refractivity contribution < 1.29 is 14.7 Å². The molecular formula is C13H10N2O5. The van der Waals surface area contributed by atoms with E-state index in [1.807, 2.05) is 0 Å². The molecule has 0 aliphatic carbocycles. The zero-order valence-electron chi connectivity index (χ0n) is 10.4. The van der Waals surface area contributed by atoms with Gasteiger partial charge in [0.2, 0.25) is 0 Å². The molecule has 2 N–H and O–H groups in total. The summed E-state index contributed by atoms with van der Waals surface area (Å²) in [5, 5.41) is 8.75. The van der Waals surface area contributed by atoms with Crippen LogP contribution in [-0.4, -0.2) is 26.4 Å². The molecule has 102 valence electrons. The van der Waals surface area contributed by atoms with Crippen molar-refractivity contribution in [3.8, 4) is 5.69 Å². The van der Waals surface area contributed by atoms with Crippen molar-refractivity contribution in [3.63, 3.8) is 0 Å². The molecule has 0 unspecified atom stereocenters. The summed E-state index contributed by atoms with van der Waals surface area (Å²) in [5.74, 6) is -1.61. The molecule has 0 fully saturated rings. The van der Waals surface area contributed by atoms with Gasteiger partial charge in [0, 0.05) is 11.6 Å². The number of aromatic carboxylic acids is 1. The quantitative estimate of drug-likeness (QED) is 0.788. The molecule has 20 heavy (non-hydrogen) atoms. The number of benzene rings is 1. The summed E-state index contributed by atoms with van der Waals surface area (Å²) >= 11 is 0. The fourth-order valence-corrected chi connectivity index (χ4v) is 1.72. The van der Waals surface area contributed by atoms with Crippen molar-refractivity contribution in [1.29, 1.82) is 0 Å². The molecule has 0 radical (unpaired) electrons. The molecule has 0 spiro atoms. The van der Waals surface area contributed by atoms with Gasteiger partial charge in [0.25, 0.3) is 5.56 Å².